The van der Waals surface area contributed by atoms with Crippen LogP contribution in [0.15, 0.2) is 11.6 Å². The highest BCUT2D eigenvalue weighted by molar-refractivity contribution is 5.92. The third-order valence-corrected chi connectivity index (χ3v) is 10.4. The first kappa shape index (κ1) is 26.5. The number of esters is 1. The fraction of sp³-hybridized carbons (Fsp3) is 0.821. The molecule has 196 valence electrons. The van der Waals surface area contributed by atoms with Crippen LogP contribution in [0.2, 0.25) is 0 Å². The maximum absolute atomic E-state index is 12.7. The number of carbonyl (C=O) groups excluding carboxylic acids is 3. The fourth-order valence-corrected chi connectivity index (χ4v) is 8.65. The first-order valence-corrected chi connectivity index (χ1v) is 13.5. The van der Waals surface area contributed by atoms with Crippen LogP contribution in [-0.4, -0.2) is 57.8 Å². The largest absolute Gasteiger partial charge is 0.466 e. The van der Waals surface area contributed by atoms with Crippen molar-refractivity contribution in [2.24, 2.45) is 34.5 Å². The molecule has 0 bridgehead atoms. The Morgan fingerprint density at radius 2 is 1.97 bits per heavy atom. The number of ether oxygens (including phenoxy) is 1. The van der Waals surface area contributed by atoms with E-state index in [1.54, 1.807) is 6.08 Å². The van der Waals surface area contributed by atoms with Gasteiger partial charge in [-0.2, -0.15) is 0 Å². The van der Waals surface area contributed by atoms with Crippen LogP contribution >= 0.6 is 0 Å². The van der Waals surface area contributed by atoms with Gasteiger partial charge in [-0.25, -0.2) is 0 Å². The van der Waals surface area contributed by atoms with Crippen molar-refractivity contribution >= 4 is 17.5 Å². The lowest BCUT2D eigenvalue weighted by atomic mass is 9.43. The first-order chi connectivity index (χ1) is 16.5. The SMILES string of the molecule is CCCOC(=O)CCCC1CC(=O)C=C2CC[C@@H]3[C@H]([C@@H](O)C[C@@]4(C)[C@H]3CC[C@]4(O)C(=O)CO)[C@]21C. The molecule has 4 rings (SSSR count). The van der Waals surface area contributed by atoms with Crippen molar-refractivity contribution in [3.05, 3.63) is 11.6 Å². The number of aliphatic hydroxyl groups is 3. The van der Waals surface area contributed by atoms with Gasteiger partial charge in [0.05, 0.1) is 12.7 Å². The third-order valence-electron chi connectivity index (χ3n) is 10.4. The van der Waals surface area contributed by atoms with Crippen LogP contribution in [0.25, 0.3) is 0 Å². The van der Waals surface area contributed by atoms with Crippen LogP contribution in [0.4, 0.5) is 0 Å². The molecular weight excluding hydrogens is 448 g/mol. The van der Waals surface area contributed by atoms with Crippen LogP contribution < -0.4 is 0 Å². The molecule has 0 amide bonds. The monoisotopic (exact) mass is 490 g/mol. The smallest absolute Gasteiger partial charge is 0.305 e. The van der Waals surface area contributed by atoms with E-state index in [1.165, 1.54) is 0 Å². The Morgan fingerprint density at radius 3 is 2.66 bits per heavy atom. The van der Waals surface area contributed by atoms with Crippen LogP contribution in [0.3, 0.4) is 0 Å². The van der Waals surface area contributed by atoms with Gasteiger partial charge >= 0.3 is 5.97 Å². The third kappa shape index (κ3) is 4.11. The lowest BCUT2D eigenvalue weighted by molar-refractivity contribution is -0.186. The number of hydrogen-bond donors (Lipinski definition) is 3. The molecule has 0 aromatic heterocycles. The molecule has 4 aliphatic rings. The number of hydrogen-bond acceptors (Lipinski definition) is 7. The van der Waals surface area contributed by atoms with E-state index in [9.17, 15) is 29.7 Å². The zero-order chi connectivity index (χ0) is 25.6. The molecule has 4 aliphatic carbocycles. The number of ketones is 2. The highest BCUT2D eigenvalue weighted by Crippen LogP contribution is 2.68. The van der Waals surface area contributed by atoms with Crippen molar-refractivity contribution in [1.82, 2.24) is 0 Å². The van der Waals surface area contributed by atoms with E-state index in [0.29, 0.717) is 51.6 Å². The average molecular weight is 491 g/mol. The summed E-state index contributed by atoms with van der Waals surface area (Å²) in [7, 11) is 0. The molecule has 3 N–H and O–H groups in total. The minimum absolute atomic E-state index is 0.0279. The van der Waals surface area contributed by atoms with Gasteiger partial charge in [0.2, 0.25) is 0 Å². The Bertz CT molecular complexity index is 896. The summed E-state index contributed by atoms with van der Waals surface area (Å²) in [6.07, 6.45) is 6.83. The van der Waals surface area contributed by atoms with Crippen LogP contribution in [0.1, 0.15) is 85.0 Å². The topological polar surface area (TPSA) is 121 Å². The van der Waals surface area contributed by atoms with Crippen molar-refractivity contribution in [3.8, 4) is 0 Å². The molecule has 3 saturated carbocycles. The van der Waals surface area contributed by atoms with E-state index in [2.05, 4.69) is 6.92 Å². The number of aliphatic hydroxyl groups excluding tert-OH is 2. The molecule has 0 aromatic rings. The molecule has 0 aromatic carbocycles. The van der Waals surface area contributed by atoms with E-state index in [0.717, 1.165) is 24.8 Å². The summed E-state index contributed by atoms with van der Waals surface area (Å²) in [6.45, 7) is 5.79. The maximum atomic E-state index is 12.7. The van der Waals surface area contributed by atoms with Gasteiger partial charge in [0.25, 0.3) is 0 Å². The molecule has 0 saturated heterocycles. The van der Waals surface area contributed by atoms with Crippen LogP contribution in [0, 0.1) is 34.5 Å². The average Bonchev–Trinajstić information content (AvgIpc) is 3.08. The molecule has 0 spiro atoms. The number of carbonyl (C=O) groups is 3. The second-order valence-electron chi connectivity index (χ2n) is 11.9. The zero-order valence-electron chi connectivity index (χ0n) is 21.4. The van der Waals surface area contributed by atoms with Gasteiger partial charge in [-0.3, -0.25) is 14.4 Å². The normalized spacial score (nSPS) is 42.5. The fourth-order valence-electron chi connectivity index (χ4n) is 8.65. The minimum Gasteiger partial charge on any atom is -0.466 e. The van der Waals surface area contributed by atoms with E-state index in [-0.39, 0.29) is 40.8 Å². The van der Waals surface area contributed by atoms with E-state index in [1.807, 2.05) is 13.8 Å². The van der Waals surface area contributed by atoms with Crippen molar-refractivity contribution in [2.45, 2.75) is 96.7 Å². The summed E-state index contributed by atoms with van der Waals surface area (Å²) in [4.78, 5) is 37.3. The molecule has 3 fully saturated rings. The summed E-state index contributed by atoms with van der Waals surface area (Å²) >= 11 is 0. The van der Waals surface area contributed by atoms with E-state index < -0.39 is 29.5 Å². The Labute approximate surface area is 208 Å². The summed E-state index contributed by atoms with van der Waals surface area (Å²) < 4.78 is 5.22. The van der Waals surface area contributed by atoms with Gasteiger partial charge < -0.3 is 20.1 Å². The Balaban J connectivity index is 1.60. The predicted octanol–water partition coefficient (Wildman–Crippen LogP) is 3.13. The van der Waals surface area contributed by atoms with Gasteiger partial charge in [0.1, 0.15) is 12.2 Å². The Hall–Kier alpha value is -1.57. The van der Waals surface area contributed by atoms with Gasteiger partial charge in [-0.1, -0.05) is 26.3 Å². The van der Waals surface area contributed by atoms with Crippen molar-refractivity contribution in [1.29, 1.82) is 0 Å². The molecule has 0 radical (unpaired) electrons. The Kier molecular flexibility index (Phi) is 7.35. The van der Waals surface area contributed by atoms with Gasteiger partial charge in [0.15, 0.2) is 11.6 Å². The number of allylic oxidation sites excluding steroid dienone is 1. The summed E-state index contributed by atoms with van der Waals surface area (Å²) in [5, 5.41) is 32.6. The van der Waals surface area contributed by atoms with Gasteiger partial charge in [-0.15, -0.1) is 0 Å². The molecule has 7 nitrogen and oxygen atoms in total. The van der Waals surface area contributed by atoms with Crippen molar-refractivity contribution < 1.29 is 34.4 Å². The minimum atomic E-state index is -1.61. The quantitative estimate of drug-likeness (QED) is 0.447. The summed E-state index contributed by atoms with van der Waals surface area (Å²) in [6, 6.07) is 0. The molecule has 7 heteroatoms. The molecule has 35 heavy (non-hydrogen) atoms. The number of Topliss-reactive ketones (excluding diaryl/α,β-unsaturated/α-hetero) is 1. The number of fused-ring (bicyclic) bond motifs is 5. The number of rotatable bonds is 8. The second-order valence-corrected chi connectivity index (χ2v) is 11.9. The van der Waals surface area contributed by atoms with Gasteiger partial charge in [-0.05, 0) is 86.5 Å². The van der Waals surface area contributed by atoms with Crippen molar-refractivity contribution in [3.63, 3.8) is 0 Å². The maximum Gasteiger partial charge on any atom is 0.305 e. The molecule has 0 aliphatic heterocycles. The molecule has 8 atom stereocenters. The first-order valence-electron chi connectivity index (χ1n) is 13.5. The highest BCUT2D eigenvalue weighted by Gasteiger charge is 2.68. The zero-order valence-corrected chi connectivity index (χ0v) is 21.4. The Morgan fingerprint density at radius 1 is 1.23 bits per heavy atom. The highest BCUT2D eigenvalue weighted by atomic mass is 16.5. The van der Waals surface area contributed by atoms with Gasteiger partial charge in [0, 0.05) is 18.3 Å². The molecule has 0 heterocycles. The standard InChI is InChI=1S/C28H42O7/c1-4-12-35-24(33)7-5-6-17-13-19(30)14-18-8-9-20-21-10-11-28(34,23(32)16-29)26(21,2)15-22(31)25(20)27(17,18)3/h14,17,20-22,25,29,31,34H,4-13,15-16H2,1-3H3/t17?,20-,21-,22-,25+,26-,27-,28-/m0/s1. The summed E-state index contributed by atoms with van der Waals surface area (Å²) in [5.41, 5.74) is -1.66. The van der Waals surface area contributed by atoms with Crippen molar-refractivity contribution in [2.75, 3.05) is 13.2 Å². The summed E-state index contributed by atoms with van der Waals surface area (Å²) in [5.74, 6) is -0.491. The second kappa shape index (κ2) is 9.71. The molecule has 1 unspecified atom stereocenters. The van der Waals surface area contributed by atoms with Crippen LogP contribution in [-0.2, 0) is 19.1 Å². The lowest BCUT2D eigenvalue weighted by Gasteiger charge is -2.62. The van der Waals surface area contributed by atoms with Crippen LogP contribution in [0.5, 0.6) is 0 Å². The van der Waals surface area contributed by atoms with E-state index >= 15 is 0 Å². The molecular formula is C28H42O7. The predicted molar refractivity (Wildman–Crippen MR) is 129 cm³/mol. The lowest BCUT2D eigenvalue weighted by Crippen LogP contribution is -2.63. The van der Waals surface area contributed by atoms with E-state index in [4.69, 9.17) is 4.74 Å².